The standard InChI is InChI=1S/C20H14BrNO4/c1-25-16-9-6-11(10-17(16)26-2)22-19(23)13-5-3-4-12-15(21)8-7-14(18(12)13)20(22)24/h3-10H,1-2H3. The molecule has 0 saturated carbocycles. The Balaban J connectivity index is 1.93. The molecule has 0 fully saturated rings. The molecule has 1 heterocycles. The lowest BCUT2D eigenvalue weighted by Crippen LogP contribution is -2.40. The number of anilines is 1. The van der Waals surface area contributed by atoms with Crippen LogP contribution in [0.3, 0.4) is 0 Å². The molecule has 0 saturated heterocycles. The number of methoxy groups -OCH3 is 2. The molecule has 0 unspecified atom stereocenters. The van der Waals surface area contributed by atoms with Gasteiger partial charge < -0.3 is 9.47 Å². The molecule has 2 amide bonds. The van der Waals surface area contributed by atoms with Gasteiger partial charge in [0.05, 0.1) is 19.9 Å². The number of benzene rings is 3. The molecule has 0 aliphatic carbocycles. The molecular weight excluding hydrogens is 398 g/mol. The fraction of sp³-hybridized carbons (Fsp3) is 0.100. The van der Waals surface area contributed by atoms with Crippen molar-refractivity contribution in [1.29, 1.82) is 0 Å². The maximum Gasteiger partial charge on any atom is 0.265 e. The third-order valence-corrected chi connectivity index (χ3v) is 5.17. The van der Waals surface area contributed by atoms with Crippen molar-refractivity contribution in [3.8, 4) is 11.5 Å². The summed E-state index contributed by atoms with van der Waals surface area (Å²) in [5.74, 6) is 0.252. The largest absolute Gasteiger partial charge is 0.493 e. The molecule has 6 heteroatoms. The van der Waals surface area contributed by atoms with Crippen molar-refractivity contribution in [2.75, 3.05) is 19.1 Å². The Morgan fingerprint density at radius 1 is 0.846 bits per heavy atom. The number of ether oxygens (including phenoxy) is 2. The molecular formula is C20H14BrNO4. The van der Waals surface area contributed by atoms with Crippen molar-refractivity contribution in [3.05, 3.63) is 64.1 Å². The Labute approximate surface area is 158 Å². The van der Waals surface area contributed by atoms with Crippen molar-refractivity contribution in [3.63, 3.8) is 0 Å². The molecule has 0 radical (unpaired) electrons. The van der Waals surface area contributed by atoms with Gasteiger partial charge in [0.25, 0.3) is 11.8 Å². The molecule has 4 rings (SSSR count). The second-order valence-electron chi connectivity index (χ2n) is 5.81. The van der Waals surface area contributed by atoms with Crippen LogP contribution in [0.1, 0.15) is 20.7 Å². The van der Waals surface area contributed by atoms with E-state index in [2.05, 4.69) is 15.9 Å². The summed E-state index contributed by atoms with van der Waals surface area (Å²) in [4.78, 5) is 27.4. The van der Waals surface area contributed by atoms with Gasteiger partial charge in [0, 0.05) is 27.1 Å². The third kappa shape index (κ3) is 2.29. The van der Waals surface area contributed by atoms with E-state index in [9.17, 15) is 9.59 Å². The van der Waals surface area contributed by atoms with E-state index < -0.39 is 0 Å². The topological polar surface area (TPSA) is 55.8 Å². The lowest BCUT2D eigenvalue weighted by Gasteiger charge is -2.28. The number of hydrogen-bond acceptors (Lipinski definition) is 4. The molecule has 0 atom stereocenters. The highest BCUT2D eigenvalue weighted by Crippen LogP contribution is 2.38. The summed E-state index contributed by atoms with van der Waals surface area (Å²) in [7, 11) is 3.04. The second-order valence-corrected chi connectivity index (χ2v) is 6.66. The van der Waals surface area contributed by atoms with Crippen molar-refractivity contribution in [1.82, 2.24) is 0 Å². The van der Waals surface area contributed by atoms with Crippen molar-refractivity contribution in [2.45, 2.75) is 0 Å². The van der Waals surface area contributed by atoms with Crippen LogP contribution in [-0.4, -0.2) is 26.0 Å². The van der Waals surface area contributed by atoms with Crippen LogP contribution < -0.4 is 14.4 Å². The monoisotopic (exact) mass is 411 g/mol. The van der Waals surface area contributed by atoms with Crippen LogP contribution in [0.25, 0.3) is 10.8 Å². The van der Waals surface area contributed by atoms with Crippen molar-refractivity contribution in [2.24, 2.45) is 0 Å². The van der Waals surface area contributed by atoms with Crippen LogP contribution in [-0.2, 0) is 0 Å². The Kier molecular flexibility index (Phi) is 3.92. The van der Waals surface area contributed by atoms with E-state index in [1.165, 1.54) is 19.1 Å². The molecule has 0 N–H and O–H groups in total. The molecule has 0 bridgehead atoms. The highest BCUT2D eigenvalue weighted by molar-refractivity contribution is 9.10. The SMILES string of the molecule is COc1ccc(N2C(=O)c3cccc4c(Br)ccc(c34)C2=O)cc1OC. The van der Waals surface area contributed by atoms with Crippen LogP contribution in [0.15, 0.2) is 53.0 Å². The minimum atomic E-state index is -0.363. The van der Waals surface area contributed by atoms with E-state index >= 15 is 0 Å². The lowest BCUT2D eigenvalue weighted by atomic mass is 9.93. The summed E-state index contributed by atoms with van der Waals surface area (Å²) in [5, 5.41) is 1.52. The van der Waals surface area contributed by atoms with Gasteiger partial charge in [0.15, 0.2) is 11.5 Å². The number of halogens is 1. The van der Waals surface area contributed by atoms with Crippen LogP contribution >= 0.6 is 15.9 Å². The minimum Gasteiger partial charge on any atom is -0.493 e. The molecule has 0 aromatic heterocycles. The third-order valence-electron chi connectivity index (χ3n) is 4.48. The average Bonchev–Trinajstić information content (AvgIpc) is 2.67. The summed E-state index contributed by atoms with van der Waals surface area (Å²) in [6, 6.07) is 14.0. The first-order valence-corrected chi connectivity index (χ1v) is 8.68. The van der Waals surface area contributed by atoms with E-state index in [-0.39, 0.29) is 11.8 Å². The fourth-order valence-electron chi connectivity index (χ4n) is 3.26. The maximum atomic E-state index is 13.1. The van der Waals surface area contributed by atoms with Gasteiger partial charge in [-0.3, -0.25) is 9.59 Å². The first-order valence-electron chi connectivity index (χ1n) is 7.89. The van der Waals surface area contributed by atoms with Gasteiger partial charge in [-0.25, -0.2) is 4.90 Å². The highest BCUT2D eigenvalue weighted by atomic mass is 79.9. The molecule has 3 aromatic carbocycles. The van der Waals surface area contributed by atoms with Gasteiger partial charge in [-0.2, -0.15) is 0 Å². The zero-order chi connectivity index (χ0) is 18.4. The smallest absolute Gasteiger partial charge is 0.265 e. The molecule has 3 aromatic rings. The van der Waals surface area contributed by atoms with E-state index in [1.807, 2.05) is 18.2 Å². The van der Waals surface area contributed by atoms with Crippen LogP contribution in [0.4, 0.5) is 5.69 Å². The molecule has 0 spiro atoms. The number of imide groups is 1. The van der Waals surface area contributed by atoms with Gasteiger partial charge in [-0.05, 0) is 35.7 Å². The van der Waals surface area contributed by atoms with E-state index in [1.54, 1.807) is 30.3 Å². The van der Waals surface area contributed by atoms with Gasteiger partial charge in [-0.1, -0.05) is 28.1 Å². The quantitative estimate of drug-likeness (QED) is 0.598. The first kappa shape index (κ1) is 16.6. The van der Waals surface area contributed by atoms with Gasteiger partial charge in [0.1, 0.15) is 0 Å². The first-order chi connectivity index (χ1) is 12.6. The number of nitrogens with zero attached hydrogens (tertiary/aromatic N) is 1. The summed E-state index contributed by atoms with van der Waals surface area (Å²) in [6.07, 6.45) is 0. The summed E-state index contributed by atoms with van der Waals surface area (Å²) < 4.78 is 11.4. The normalized spacial score (nSPS) is 13.3. The maximum absolute atomic E-state index is 13.1. The summed E-state index contributed by atoms with van der Waals surface area (Å²) in [5.41, 5.74) is 1.42. The second kappa shape index (κ2) is 6.14. The van der Waals surface area contributed by atoms with Crippen LogP contribution in [0.5, 0.6) is 11.5 Å². The number of carbonyl (C=O) groups is 2. The molecule has 26 heavy (non-hydrogen) atoms. The van der Waals surface area contributed by atoms with Gasteiger partial charge >= 0.3 is 0 Å². The summed E-state index contributed by atoms with van der Waals surface area (Å²) in [6.45, 7) is 0. The molecule has 5 nitrogen and oxygen atoms in total. The Hall–Kier alpha value is -2.86. The number of hydrogen-bond donors (Lipinski definition) is 0. The lowest BCUT2D eigenvalue weighted by molar-refractivity contribution is 0.0893. The Morgan fingerprint density at radius 3 is 2.23 bits per heavy atom. The number of amides is 2. The number of carbonyl (C=O) groups excluding carboxylic acids is 2. The highest BCUT2D eigenvalue weighted by Gasteiger charge is 2.34. The van der Waals surface area contributed by atoms with Gasteiger partial charge in [-0.15, -0.1) is 0 Å². The Bertz CT molecular complexity index is 1050. The molecule has 1 aliphatic heterocycles. The van der Waals surface area contributed by atoms with Crippen molar-refractivity contribution >= 4 is 44.2 Å². The van der Waals surface area contributed by atoms with E-state index in [0.717, 1.165) is 9.86 Å². The zero-order valence-corrected chi connectivity index (χ0v) is 15.7. The molecule has 130 valence electrons. The summed E-state index contributed by atoms with van der Waals surface area (Å²) >= 11 is 3.49. The van der Waals surface area contributed by atoms with Gasteiger partial charge in [0.2, 0.25) is 0 Å². The zero-order valence-electron chi connectivity index (χ0n) is 14.1. The van der Waals surface area contributed by atoms with Crippen molar-refractivity contribution < 1.29 is 19.1 Å². The fourth-order valence-corrected chi connectivity index (χ4v) is 3.72. The van der Waals surface area contributed by atoms with E-state index in [0.29, 0.717) is 33.7 Å². The average molecular weight is 412 g/mol. The minimum absolute atomic E-state index is 0.363. The predicted molar refractivity (Wildman–Crippen MR) is 102 cm³/mol. The Morgan fingerprint density at radius 2 is 1.54 bits per heavy atom. The number of rotatable bonds is 3. The molecule has 1 aliphatic rings. The van der Waals surface area contributed by atoms with Crippen LogP contribution in [0.2, 0.25) is 0 Å². The van der Waals surface area contributed by atoms with E-state index in [4.69, 9.17) is 9.47 Å². The predicted octanol–water partition coefficient (Wildman–Crippen LogP) is 4.42. The van der Waals surface area contributed by atoms with Crippen LogP contribution in [0, 0.1) is 0 Å².